The summed E-state index contributed by atoms with van der Waals surface area (Å²) in [5, 5.41) is 9.27. The maximum absolute atomic E-state index is 13.0. The van der Waals surface area contributed by atoms with E-state index >= 15 is 0 Å². The van der Waals surface area contributed by atoms with Crippen LogP contribution >= 0.6 is 11.6 Å². The fourth-order valence-corrected chi connectivity index (χ4v) is 2.89. The van der Waals surface area contributed by atoms with Gasteiger partial charge in [0.2, 0.25) is 5.91 Å². The fraction of sp³-hybridized carbons (Fsp3) is 0.0909. The first kappa shape index (κ1) is 20.4. The topological polar surface area (TPSA) is 70.2 Å². The van der Waals surface area contributed by atoms with Gasteiger partial charge in [0, 0.05) is 29.7 Å². The molecule has 0 saturated carbocycles. The first-order valence-corrected chi connectivity index (χ1v) is 9.25. The SMILES string of the molecule is CC(=O)Nc1cc(C(=O)NCc2ccc(F)cc2)ccc1Nc1cccc(Cl)c1. The summed E-state index contributed by atoms with van der Waals surface area (Å²) in [4.78, 5) is 24.1. The predicted octanol–water partition coefficient (Wildman–Crippen LogP) is 5.11. The van der Waals surface area contributed by atoms with Crippen LogP contribution in [0.25, 0.3) is 0 Å². The smallest absolute Gasteiger partial charge is 0.251 e. The van der Waals surface area contributed by atoms with Gasteiger partial charge in [0.15, 0.2) is 0 Å². The van der Waals surface area contributed by atoms with Crippen LogP contribution in [0.2, 0.25) is 5.02 Å². The number of nitrogens with one attached hydrogen (secondary N) is 3. The molecule has 0 radical (unpaired) electrons. The molecule has 0 fully saturated rings. The molecule has 148 valence electrons. The molecule has 3 N–H and O–H groups in total. The van der Waals surface area contributed by atoms with Crippen LogP contribution in [-0.2, 0) is 11.3 Å². The number of carbonyl (C=O) groups excluding carboxylic acids is 2. The summed E-state index contributed by atoms with van der Waals surface area (Å²) < 4.78 is 13.0. The Balaban J connectivity index is 1.77. The van der Waals surface area contributed by atoms with E-state index in [9.17, 15) is 14.0 Å². The van der Waals surface area contributed by atoms with Crippen LogP contribution in [-0.4, -0.2) is 11.8 Å². The van der Waals surface area contributed by atoms with Crippen LogP contribution in [0.3, 0.4) is 0 Å². The summed E-state index contributed by atoms with van der Waals surface area (Å²) in [7, 11) is 0. The summed E-state index contributed by atoms with van der Waals surface area (Å²) in [6.45, 7) is 1.65. The number of carbonyl (C=O) groups is 2. The van der Waals surface area contributed by atoms with Crippen LogP contribution in [0.5, 0.6) is 0 Å². The zero-order chi connectivity index (χ0) is 20.8. The van der Waals surface area contributed by atoms with Crippen LogP contribution < -0.4 is 16.0 Å². The highest BCUT2D eigenvalue weighted by molar-refractivity contribution is 6.30. The van der Waals surface area contributed by atoms with Crippen LogP contribution in [0.1, 0.15) is 22.8 Å². The molecule has 29 heavy (non-hydrogen) atoms. The largest absolute Gasteiger partial charge is 0.354 e. The summed E-state index contributed by atoms with van der Waals surface area (Å²) in [6, 6.07) is 18.0. The normalized spacial score (nSPS) is 10.3. The standard InChI is InChI=1S/C22H19ClFN3O2/c1-14(28)26-21-11-16(22(29)25-13-15-5-8-18(24)9-6-15)7-10-20(21)27-19-4-2-3-17(23)12-19/h2-12,27H,13H2,1H3,(H,25,29)(H,26,28). The van der Waals surface area contributed by atoms with Crippen molar-refractivity contribution in [3.05, 3.63) is 88.7 Å². The molecule has 0 spiro atoms. The molecule has 0 heterocycles. The third kappa shape index (κ3) is 5.80. The summed E-state index contributed by atoms with van der Waals surface area (Å²) >= 11 is 6.01. The van der Waals surface area contributed by atoms with Crippen molar-refractivity contribution in [3.63, 3.8) is 0 Å². The Bertz CT molecular complexity index is 1040. The van der Waals surface area contributed by atoms with E-state index < -0.39 is 0 Å². The zero-order valence-electron chi connectivity index (χ0n) is 15.6. The minimum Gasteiger partial charge on any atom is -0.354 e. The molecule has 0 unspecified atom stereocenters. The lowest BCUT2D eigenvalue weighted by Crippen LogP contribution is -2.23. The highest BCUT2D eigenvalue weighted by Gasteiger charge is 2.11. The van der Waals surface area contributed by atoms with E-state index in [1.54, 1.807) is 48.5 Å². The number of halogens is 2. The summed E-state index contributed by atoms with van der Waals surface area (Å²) in [6.07, 6.45) is 0. The van der Waals surface area contributed by atoms with E-state index in [0.717, 1.165) is 11.3 Å². The number of anilines is 3. The molecule has 3 aromatic rings. The summed E-state index contributed by atoms with van der Waals surface area (Å²) in [5.74, 6) is -0.902. The van der Waals surface area contributed by atoms with Crippen molar-refractivity contribution in [2.45, 2.75) is 13.5 Å². The van der Waals surface area contributed by atoms with E-state index in [2.05, 4.69) is 16.0 Å². The molecular formula is C22H19ClFN3O2. The van der Waals surface area contributed by atoms with Gasteiger partial charge in [0.25, 0.3) is 5.91 Å². The van der Waals surface area contributed by atoms with Gasteiger partial charge in [0.1, 0.15) is 5.82 Å². The second kappa shape index (κ2) is 9.21. The Morgan fingerprint density at radius 1 is 0.966 bits per heavy atom. The van der Waals surface area contributed by atoms with Crippen LogP contribution in [0.4, 0.5) is 21.5 Å². The monoisotopic (exact) mass is 411 g/mol. The van der Waals surface area contributed by atoms with Gasteiger partial charge in [-0.2, -0.15) is 0 Å². The molecule has 2 amide bonds. The molecule has 0 aliphatic heterocycles. The van der Waals surface area contributed by atoms with Gasteiger partial charge < -0.3 is 16.0 Å². The predicted molar refractivity (Wildman–Crippen MR) is 113 cm³/mol. The lowest BCUT2D eigenvalue weighted by Gasteiger charge is -2.14. The van der Waals surface area contributed by atoms with Crippen molar-refractivity contribution in [2.75, 3.05) is 10.6 Å². The molecular weight excluding hydrogens is 393 g/mol. The van der Waals surface area contributed by atoms with Crippen molar-refractivity contribution < 1.29 is 14.0 Å². The molecule has 0 bridgehead atoms. The van der Waals surface area contributed by atoms with Gasteiger partial charge in [-0.15, -0.1) is 0 Å². The second-order valence-corrected chi connectivity index (χ2v) is 6.82. The lowest BCUT2D eigenvalue weighted by molar-refractivity contribution is -0.114. The first-order valence-electron chi connectivity index (χ1n) is 8.87. The Labute approximate surface area is 172 Å². The van der Waals surface area contributed by atoms with Crippen molar-refractivity contribution in [3.8, 4) is 0 Å². The molecule has 5 nitrogen and oxygen atoms in total. The maximum Gasteiger partial charge on any atom is 0.251 e. The Kier molecular flexibility index (Phi) is 6.46. The third-order valence-corrected chi connectivity index (χ3v) is 4.30. The third-order valence-electron chi connectivity index (χ3n) is 4.06. The minimum absolute atomic E-state index is 0.261. The highest BCUT2D eigenvalue weighted by atomic mass is 35.5. The second-order valence-electron chi connectivity index (χ2n) is 6.39. The molecule has 7 heteroatoms. The van der Waals surface area contributed by atoms with Crippen molar-refractivity contribution in [1.29, 1.82) is 0 Å². The molecule has 0 saturated heterocycles. The van der Waals surface area contributed by atoms with Crippen molar-refractivity contribution in [2.24, 2.45) is 0 Å². The minimum atomic E-state index is -0.331. The highest BCUT2D eigenvalue weighted by Crippen LogP contribution is 2.28. The molecule has 0 aliphatic rings. The molecule has 0 atom stereocenters. The Hall–Kier alpha value is -3.38. The van der Waals surface area contributed by atoms with E-state index in [-0.39, 0.29) is 24.2 Å². The van der Waals surface area contributed by atoms with Crippen molar-refractivity contribution in [1.82, 2.24) is 5.32 Å². The van der Waals surface area contributed by atoms with Crippen molar-refractivity contribution >= 4 is 40.5 Å². The average Bonchev–Trinajstić information content (AvgIpc) is 2.68. The molecule has 0 aliphatic carbocycles. The summed E-state index contributed by atoms with van der Waals surface area (Å²) in [5.41, 5.74) is 3.00. The number of amides is 2. The quantitative estimate of drug-likeness (QED) is 0.527. The fourth-order valence-electron chi connectivity index (χ4n) is 2.70. The van der Waals surface area contributed by atoms with E-state index in [4.69, 9.17) is 11.6 Å². The average molecular weight is 412 g/mol. The number of hydrogen-bond acceptors (Lipinski definition) is 3. The number of hydrogen-bond donors (Lipinski definition) is 3. The lowest BCUT2D eigenvalue weighted by atomic mass is 10.1. The zero-order valence-corrected chi connectivity index (χ0v) is 16.4. The maximum atomic E-state index is 13.0. The van der Waals surface area contributed by atoms with Crippen LogP contribution in [0, 0.1) is 5.82 Å². The van der Waals surface area contributed by atoms with Gasteiger partial charge >= 0.3 is 0 Å². The van der Waals surface area contributed by atoms with Gasteiger partial charge in [0.05, 0.1) is 11.4 Å². The molecule has 0 aromatic heterocycles. The van der Waals surface area contributed by atoms with Gasteiger partial charge in [-0.25, -0.2) is 4.39 Å². The van der Waals surface area contributed by atoms with E-state index in [1.807, 2.05) is 6.07 Å². The van der Waals surface area contributed by atoms with Gasteiger partial charge in [-0.05, 0) is 54.1 Å². The van der Waals surface area contributed by atoms with E-state index in [1.165, 1.54) is 19.1 Å². The first-order chi connectivity index (χ1) is 13.9. The number of benzene rings is 3. The van der Waals surface area contributed by atoms with Gasteiger partial charge in [-0.3, -0.25) is 9.59 Å². The molecule has 3 aromatic carbocycles. The number of rotatable bonds is 6. The van der Waals surface area contributed by atoms with Gasteiger partial charge in [-0.1, -0.05) is 29.8 Å². The van der Waals surface area contributed by atoms with Crippen LogP contribution in [0.15, 0.2) is 66.7 Å². The Morgan fingerprint density at radius 3 is 2.41 bits per heavy atom. The Morgan fingerprint density at radius 2 is 1.72 bits per heavy atom. The van der Waals surface area contributed by atoms with E-state index in [0.29, 0.717) is 22.0 Å². The molecule has 3 rings (SSSR count).